The third kappa shape index (κ3) is 3.69. The molecule has 126 valence electrons. The number of hydrogen-bond donors (Lipinski definition) is 1. The van der Waals surface area contributed by atoms with Crippen LogP contribution in [0.1, 0.15) is 41.6 Å². The Kier molecular flexibility index (Phi) is 5.21. The Morgan fingerprint density at radius 3 is 2.52 bits per heavy atom. The highest BCUT2D eigenvalue weighted by Gasteiger charge is 2.26. The summed E-state index contributed by atoms with van der Waals surface area (Å²) in [5.41, 5.74) is 3.20. The number of likely N-dealkylation sites (tertiary alicyclic amines) is 1. The summed E-state index contributed by atoms with van der Waals surface area (Å²) in [7, 11) is 2.01. The number of benzene rings is 1. The highest BCUT2D eigenvalue weighted by molar-refractivity contribution is 6.00. The largest absolute Gasteiger partial charge is 0.371 e. The number of amides is 1. The van der Waals surface area contributed by atoms with Crippen molar-refractivity contribution in [2.75, 3.05) is 44.7 Å². The summed E-state index contributed by atoms with van der Waals surface area (Å²) in [6.07, 6.45) is 4.68. The number of nitrogens with one attached hydrogen (secondary N) is 1. The van der Waals surface area contributed by atoms with E-state index in [1.54, 1.807) is 0 Å². The van der Waals surface area contributed by atoms with Crippen molar-refractivity contribution in [2.45, 2.75) is 32.6 Å². The second-order valence-corrected chi connectivity index (χ2v) is 7.01. The zero-order chi connectivity index (χ0) is 16.2. The topological polar surface area (TPSA) is 35.6 Å². The maximum Gasteiger partial charge on any atom is 0.255 e. The molecule has 2 aliphatic rings. The van der Waals surface area contributed by atoms with E-state index in [4.69, 9.17) is 0 Å². The molecule has 23 heavy (non-hydrogen) atoms. The van der Waals surface area contributed by atoms with Gasteiger partial charge in [0.15, 0.2) is 0 Å². The van der Waals surface area contributed by atoms with Crippen molar-refractivity contribution in [3.8, 4) is 0 Å². The van der Waals surface area contributed by atoms with Gasteiger partial charge in [-0.05, 0) is 64.3 Å². The van der Waals surface area contributed by atoms with Crippen LogP contribution in [0.15, 0.2) is 18.2 Å². The molecule has 4 nitrogen and oxygen atoms in total. The first-order chi connectivity index (χ1) is 11.2. The zero-order valence-corrected chi connectivity index (χ0v) is 14.5. The average molecular weight is 315 g/mol. The van der Waals surface area contributed by atoms with Gasteiger partial charge in [-0.25, -0.2) is 0 Å². The van der Waals surface area contributed by atoms with Gasteiger partial charge in [-0.2, -0.15) is 0 Å². The van der Waals surface area contributed by atoms with Crippen LogP contribution in [0, 0.1) is 12.8 Å². The van der Waals surface area contributed by atoms with Crippen molar-refractivity contribution < 1.29 is 4.79 Å². The van der Waals surface area contributed by atoms with Crippen LogP contribution in [-0.4, -0.2) is 50.6 Å². The second kappa shape index (κ2) is 7.35. The van der Waals surface area contributed by atoms with Crippen LogP contribution in [0.25, 0.3) is 0 Å². The number of rotatable bonds is 4. The summed E-state index contributed by atoms with van der Waals surface area (Å²) in [5.74, 6) is 0.929. The predicted octanol–water partition coefficient (Wildman–Crippen LogP) is 2.67. The third-order valence-electron chi connectivity index (χ3n) is 5.22. The lowest BCUT2D eigenvalue weighted by Crippen LogP contribution is -2.41. The molecule has 0 aliphatic carbocycles. The number of aryl methyl sites for hydroxylation is 1. The Balaban J connectivity index is 1.75. The van der Waals surface area contributed by atoms with E-state index >= 15 is 0 Å². The van der Waals surface area contributed by atoms with Crippen LogP contribution in [0.5, 0.6) is 0 Å². The lowest BCUT2D eigenvalue weighted by Gasteiger charge is -2.33. The number of nitrogens with zero attached hydrogens (tertiary/aromatic N) is 2. The van der Waals surface area contributed by atoms with E-state index in [1.807, 2.05) is 7.05 Å². The van der Waals surface area contributed by atoms with Crippen molar-refractivity contribution in [3.63, 3.8) is 0 Å². The molecular formula is C19H29N3O. The standard InChI is InChI=1S/C19H29N3O/c1-15-5-6-18(21-9-3-4-10-21)17(13-15)19(23)22-11-7-16(8-12-22)14-20-2/h5-6,13,16,20H,3-4,7-12,14H2,1-2H3. The van der Waals surface area contributed by atoms with E-state index in [-0.39, 0.29) is 5.91 Å². The first kappa shape index (κ1) is 16.3. The van der Waals surface area contributed by atoms with Crippen LogP contribution in [0.4, 0.5) is 5.69 Å². The minimum absolute atomic E-state index is 0.221. The Labute approximate surface area is 139 Å². The fraction of sp³-hybridized carbons (Fsp3) is 0.632. The molecule has 3 rings (SSSR count). The average Bonchev–Trinajstić information content (AvgIpc) is 3.09. The Morgan fingerprint density at radius 1 is 1.17 bits per heavy atom. The van der Waals surface area contributed by atoms with Crippen molar-refractivity contribution >= 4 is 11.6 Å². The Hall–Kier alpha value is -1.55. The molecule has 1 amide bonds. The highest BCUT2D eigenvalue weighted by atomic mass is 16.2. The molecule has 2 fully saturated rings. The van der Waals surface area contributed by atoms with Crippen LogP contribution >= 0.6 is 0 Å². The number of carbonyl (C=O) groups excluding carboxylic acids is 1. The lowest BCUT2D eigenvalue weighted by molar-refractivity contribution is 0.0691. The van der Waals surface area contributed by atoms with Gasteiger partial charge < -0.3 is 15.1 Å². The molecule has 2 heterocycles. The third-order valence-corrected chi connectivity index (χ3v) is 5.22. The monoisotopic (exact) mass is 315 g/mol. The van der Waals surface area contributed by atoms with E-state index in [0.29, 0.717) is 5.92 Å². The Morgan fingerprint density at radius 2 is 1.87 bits per heavy atom. The van der Waals surface area contributed by atoms with E-state index in [9.17, 15) is 4.79 Å². The molecule has 1 aromatic carbocycles. The minimum atomic E-state index is 0.221. The molecule has 1 aromatic rings. The molecule has 2 aliphatic heterocycles. The summed E-state index contributed by atoms with van der Waals surface area (Å²) in [6.45, 7) is 7.06. The number of hydrogen-bond acceptors (Lipinski definition) is 3. The summed E-state index contributed by atoms with van der Waals surface area (Å²) in [4.78, 5) is 17.5. The van der Waals surface area contributed by atoms with Gasteiger partial charge >= 0.3 is 0 Å². The molecule has 0 unspecified atom stereocenters. The van der Waals surface area contributed by atoms with Gasteiger partial charge in [0.1, 0.15) is 0 Å². The fourth-order valence-electron chi connectivity index (χ4n) is 3.85. The number of piperidine rings is 1. The van der Waals surface area contributed by atoms with E-state index < -0.39 is 0 Å². The smallest absolute Gasteiger partial charge is 0.255 e. The molecule has 4 heteroatoms. The Bertz CT molecular complexity index is 544. The van der Waals surface area contributed by atoms with Gasteiger partial charge in [0.2, 0.25) is 0 Å². The van der Waals surface area contributed by atoms with Gasteiger partial charge in [-0.3, -0.25) is 4.79 Å². The van der Waals surface area contributed by atoms with E-state index in [2.05, 4.69) is 40.2 Å². The molecular weight excluding hydrogens is 286 g/mol. The predicted molar refractivity (Wildman–Crippen MR) is 95.2 cm³/mol. The molecule has 0 saturated carbocycles. The summed E-state index contributed by atoms with van der Waals surface area (Å²) < 4.78 is 0. The van der Waals surface area contributed by atoms with Crippen molar-refractivity contribution in [1.82, 2.24) is 10.2 Å². The zero-order valence-electron chi connectivity index (χ0n) is 14.5. The highest BCUT2D eigenvalue weighted by Crippen LogP contribution is 2.28. The van der Waals surface area contributed by atoms with Gasteiger partial charge in [0, 0.05) is 31.9 Å². The van der Waals surface area contributed by atoms with E-state index in [1.165, 1.54) is 18.4 Å². The fourth-order valence-corrected chi connectivity index (χ4v) is 3.85. The minimum Gasteiger partial charge on any atom is -0.371 e. The SMILES string of the molecule is CNCC1CCN(C(=O)c2cc(C)ccc2N2CCCC2)CC1. The maximum absolute atomic E-state index is 13.1. The summed E-state index contributed by atoms with van der Waals surface area (Å²) in [6, 6.07) is 6.35. The van der Waals surface area contributed by atoms with Crippen molar-refractivity contribution in [1.29, 1.82) is 0 Å². The molecule has 1 N–H and O–H groups in total. The number of carbonyl (C=O) groups is 1. The summed E-state index contributed by atoms with van der Waals surface area (Å²) in [5, 5.41) is 3.26. The molecule has 0 spiro atoms. The normalized spacial score (nSPS) is 19.4. The van der Waals surface area contributed by atoms with Gasteiger partial charge in [-0.1, -0.05) is 11.6 Å². The van der Waals surface area contributed by atoms with Gasteiger partial charge in [0.25, 0.3) is 5.91 Å². The lowest BCUT2D eigenvalue weighted by atomic mass is 9.96. The first-order valence-electron chi connectivity index (χ1n) is 8.98. The van der Waals surface area contributed by atoms with Crippen molar-refractivity contribution in [2.24, 2.45) is 5.92 Å². The van der Waals surface area contributed by atoms with Crippen molar-refractivity contribution in [3.05, 3.63) is 29.3 Å². The molecule has 0 bridgehead atoms. The van der Waals surface area contributed by atoms with Crippen LogP contribution in [0.2, 0.25) is 0 Å². The molecule has 2 saturated heterocycles. The molecule has 0 radical (unpaired) electrons. The maximum atomic E-state index is 13.1. The van der Waals surface area contributed by atoms with Crippen LogP contribution < -0.4 is 10.2 Å². The van der Waals surface area contributed by atoms with Crippen LogP contribution in [-0.2, 0) is 0 Å². The second-order valence-electron chi connectivity index (χ2n) is 7.01. The quantitative estimate of drug-likeness (QED) is 0.928. The summed E-state index contributed by atoms with van der Waals surface area (Å²) >= 11 is 0. The molecule has 0 atom stereocenters. The molecule has 0 aromatic heterocycles. The van der Waals surface area contributed by atoms with Crippen LogP contribution in [0.3, 0.4) is 0 Å². The first-order valence-corrected chi connectivity index (χ1v) is 8.98. The number of anilines is 1. The van der Waals surface area contributed by atoms with Gasteiger partial charge in [-0.15, -0.1) is 0 Å². The van der Waals surface area contributed by atoms with E-state index in [0.717, 1.165) is 56.8 Å². The van der Waals surface area contributed by atoms with Gasteiger partial charge in [0.05, 0.1) is 5.56 Å².